The summed E-state index contributed by atoms with van der Waals surface area (Å²) in [5.74, 6) is 0.270. The van der Waals surface area contributed by atoms with Gasteiger partial charge in [0.25, 0.3) is 0 Å². The van der Waals surface area contributed by atoms with Crippen LogP contribution in [-0.4, -0.2) is 4.98 Å². The molecule has 0 aliphatic heterocycles. The van der Waals surface area contributed by atoms with Crippen LogP contribution in [0.3, 0.4) is 0 Å². The second-order valence-electron chi connectivity index (χ2n) is 2.82. The van der Waals surface area contributed by atoms with Gasteiger partial charge in [0, 0.05) is 16.9 Å². The lowest BCUT2D eigenvalue weighted by molar-refractivity contribution is 0.828. The molecular weight excluding hydrogens is 172 g/mol. The molecule has 1 rings (SSSR count). The number of aromatic nitrogens is 1. The van der Waals surface area contributed by atoms with E-state index in [4.69, 9.17) is 18.2 Å². The van der Waals surface area contributed by atoms with Gasteiger partial charge in [-0.05, 0) is 12.0 Å². The van der Waals surface area contributed by atoms with Crippen LogP contribution in [0.25, 0.3) is 4.85 Å². The number of hydrogen-bond donors (Lipinski definition) is 0. The maximum atomic E-state index is 6.90. The van der Waals surface area contributed by atoms with Crippen LogP contribution in [-0.2, 0) is 0 Å². The molecule has 0 saturated heterocycles. The predicted octanol–water partition coefficient (Wildman–Crippen LogP) is 3.41. The first-order chi connectivity index (χ1) is 5.65. The molecule has 12 heavy (non-hydrogen) atoms. The third-order valence-electron chi connectivity index (χ3n) is 1.53. The molecule has 1 aromatic rings. The second kappa shape index (κ2) is 3.55. The first kappa shape index (κ1) is 9.02. The van der Waals surface area contributed by atoms with Crippen LogP contribution in [0.2, 0.25) is 5.02 Å². The highest BCUT2D eigenvalue weighted by Gasteiger charge is 2.07. The Kier molecular flexibility index (Phi) is 2.67. The maximum absolute atomic E-state index is 6.90. The quantitative estimate of drug-likeness (QED) is 0.606. The highest BCUT2D eigenvalue weighted by atomic mass is 35.5. The van der Waals surface area contributed by atoms with Crippen molar-refractivity contribution in [1.29, 1.82) is 0 Å². The van der Waals surface area contributed by atoms with E-state index in [1.54, 1.807) is 12.3 Å². The fourth-order valence-corrected chi connectivity index (χ4v) is 1.13. The number of nitrogens with zero attached hydrogens (tertiary/aromatic N) is 2. The van der Waals surface area contributed by atoms with Gasteiger partial charge in [-0.25, -0.2) is 4.85 Å². The first-order valence-corrected chi connectivity index (χ1v) is 4.06. The molecule has 0 bridgehead atoms. The van der Waals surface area contributed by atoms with E-state index in [2.05, 4.69) is 9.83 Å². The minimum absolute atomic E-state index is 0.270. The Morgan fingerprint density at radius 1 is 1.58 bits per heavy atom. The molecule has 62 valence electrons. The Morgan fingerprint density at radius 3 is 2.75 bits per heavy atom. The molecule has 0 atom stereocenters. The number of hydrogen-bond acceptors (Lipinski definition) is 1. The van der Waals surface area contributed by atoms with E-state index in [0.29, 0.717) is 10.7 Å². The van der Waals surface area contributed by atoms with Crippen LogP contribution < -0.4 is 0 Å². The van der Waals surface area contributed by atoms with Crippen molar-refractivity contribution in [3.8, 4) is 0 Å². The molecule has 1 aromatic heterocycles. The summed E-state index contributed by atoms with van der Waals surface area (Å²) in [5, 5.41) is 0.519. The molecule has 2 nitrogen and oxygen atoms in total. The predicted molar refractivity (Wildman–Crippen MR) is 49.6 cm³/mol. The summed E-state index contributed by atoms with van der Waals surface area (Å²) >= 11 is 5.69. The summed E-state index contributed by atoms with van der Waals surface area (Å²) in [6.45, 7) is 10.9. The second-order valence-corrected chi connectivity index (χ2v) is 3.26. The van der Waals surface area contributed by atoms with Crippen LogP contribution in [0.5, 0.6) is 0 Å². The van der Waals surface area contributed by atoms with E-state index < -0.39 is 0 Å². The molecule has 0 saturated carbocycles. The fraction of sp³-hybridized carbons (Fsp3) is 0.333. The maximum Gasteiger partial charge on any atom is 0.209 e. The third kappa shape index (κ3) is 1.75. The number of rotatable bonds is 1. The van der Waals surface area contributed by atoms with Crippen LogP contribution in [0, 0.1) is 6.57 Å². The Labute approximate surface area is 77.0 Å². The van der Waals surface area contributed by atoms with Crippen molar-refractivity contribution in [2.75, 3.05) is 0 Å². The van der Waals surface area contributed by atoms with Crippen molar-refractivity contribution < 1.29 is 0 Å². The highest BCUT2D eigenvalue weighted by molar-refractivity contribution is 6.30. The van der Waals surface area contributed by atoms with E-state index in [0.717, 1.165) is 5.69 Å². The molecule has 0 aliphatic rings. The van der Waals surface area contributed by atoms with Gasteiger partial charge in [-0.3, -0.25) is 4.98 Å². The largest absolute Gasteiger partial charge is 0.271 e. The lowest BCUT2D eigenvalue weighted by Crippen LogP contribution is -1.91. The minimum atomic E-state index is 0.270. The molecule has 0 aliphatic carbocycles. The Balaban J connectivity index is 3.23. The van der Waals surface area contributed by atoms with Crippen molar-refractivity contribution >= 4 is 17.3 Å². The zero-order valence-corrected chi connectivity index (χ0v) is 7.76. The smallest absolute Gasteiger partial charge is 0.209 e. The molecule has 0 unspecified atom stereocenters. The molecular formula is C9H9ClN2. The Bertz CT molecular complexity index is 326. The summed E-state index contributed by atoms with van der Waals surface area (Å²) in [6, 6.07) is 1.65. The van der Waals surface area contributed by atoms with Gasteiger partial charge in [-0.1, -0.05) is 25.4 Å². The molecule has 3 heteroatoms. The van der Waals surface area contributed by atoms with Gasteiger partial charge in [0.1, 0.15) is 0 Å². The summed E-state index contributed by atoms with van der Waals surface area (Å²) in [6.07, 6.45) is 1.57. The van der Waals surface area contributed by atoms with Gasteiger partial charge in [0.15, 0.2) is 0 Å². The number of halogens is 1. The third-order valence-corrected chi connectivity index (χ3v) is 1.74. The average Bonchev–Trinajstić information content (AvgIpc) is 2.03. The van der Waals surface area contributed by atoms with Crippen LogP contribution in [0.4, 0.5) is 5.69 Å². The van der Waals surface area contributed by atoms with Crippen LogP contribution in [0.1, 0.15) is 25.5 Å². The van der Waals surface area contributed by atoms with Gasteiger partial charge in [0.2, 0.25) is 5.69 Å². The van der Waals surface area contributed by atoms with Crippen LogP contribution >= 0.6 is 11.6 Å². The average molecular weight is 181 g/mol. The molecule has 0 spiro atoms. The van der Waals surface area contributed by atoms with Gasteiger partial charge in [-0.2, -0.15) is 0 Å². The monoisotopic (exact) mass is 180 g/mol. The number of pyridine rings is 1. The van der Waals surface area contributed by atoms with Crippen molar-refractivity contribution in [3.63, 3.8) is 0 Å². The van der Waals surface area contributed by atoms with Gasteiger partial charge >= 0.3 is 0 Å². The van der Waals surface area contributed by atoms with Gasteiger partial charge in [0.05, 0.1) is 6.57 Å². The summed E-state index contributed by atoms with van der Waals surface area (Å²) < 4.78 is 0. The minimum Gasteiger partial charge on any atom is -0.271 e. The molecule has 0 fully saturated rings. The zero-order valence-electron chi connectivity index (χ0n) is 7.00. The summed E-state index contributed by atoms with van der Waals surface area (Å²) in [7, 11) is 0. The van der Waals surface area contributed by atoms with Gasteiger partial charge < -0.3 is 0 Å². The lowest BCUT2D eigenvalue weighted by atomic mass is 10.1. The standard InChI is InChI=1S/C9H9ClN2/c1-6(2)9-8(11-3)4-7(10)5-12-9/h4-6H,1-2H3. The van der Waals surface area contributed by atoms with Crippen LogP contribution in [0.15, 0.2) is 12.3 Å². The topological polar surface area (TPSA) is 17.2 Å². The molecule has 0 amide bonds. The molecule has 0 N–H and O–H groups in total. The Hall–Kier alpha value is -1.07. The molecule has 0 aromatic carbocycles. The van der Waals surface area contributed by atoms with E-state index in [9.17, 15) is 0 Å². The van der Waals surface area contributed by atoms with E-state index in [1.807, 2.05) is 13.8 Å². The molecule has 0 radical (unpaired) electrons. The van der Waals surface area contributed by atoms with Crippen molar-refractivity contribution in [1.82, 2.24) is 4.98 Å². The van der Waals surface area contributed by atoms with Crippen molar-refractivity contribution in [3.05, 3.63) is 34.4 Å². The first-order valence-electron chi connectivity index (χ1n) is 3.68. The van der Waals surface area contributed by atoms with E-state index in [1.165, 1.54) is 0 Å². The lowest BCUT2D eigenvalue weighted by Gasteiger charge is -2.05. The van der Waals surface area contributed by atoms with Crippen molar-refractivity contribution in [2.24, 2.45) is 0 Å². The highest BCUT2D eigenvalue weighted by Crippen LogP contribution is 2.26. The normalized spacial score (nSPS) is 9.92. The van der Waals surface area contributed by atoms with E-state index >= 15 is 0 Å². The zero-order chi connectivity index (χ0) is 9.14. The van der Waals surface area contributed by atoms with Gasteiger partial charge in [-0.15, -0.1) is 0 Å². The summed E-state index contributed by atoms with van der Waals surface area (Å²) in [5.41, 5.74) is 1.37. The van der Waals surface area contributed by atoms with Crippen molar-refractivity contribution in [2.45, 2.75) is 19.8 Å². The summed E-state index contributed by atoms with van der Waals surface area (Å²) in [4.78, 5) is 7.46. The Morgan fingerprint density at radius 2 is 2.25 bits per heavy atom. The molecule has 1 heterocycles. The van der Waals surface area contributed by atoms with E-state index in [-0.39, 0.29) is 5.92 Å². The fourth-order valence-electron chi connectivity index (χ4n) is 0.974. The SMILES string of the molecule is [C-]#[N+]c1cc(Cl)cnc1C(C)C.